The summed E-state index contributed by atoms with van der Waals surface area (Å²) in [6.07, 6.45) is 3.07. The monoisotopic (exact) mass is 238 g/mol. The van der Waals surface area contributed by atoms with E-state index in [4.69, 9.17) is 10.2 Å². The summed E-state index contributed by atoms with van der Waals surface area (Å²) in [5, 5.41) is 17.0. The molecule has 1 aliphatic rings. The van der Waals surface area contributed by atoms with Gasteiger partial charge in [-0.25, -0.2) is 9.59 Å². The molecule has 1 aromatic carbocycles. The second kappa shape index (κ2) is 6.52. The molecule has 5 heteroatoms. The molecule has 0 heterocycles. The van der Waals surface area contributed by atoms with Crippen molar-refractivity contribution in [3.05, 3.63) is 35.4 Å². The van der Waals surface area contributed by atoms with E-state index in [1.54, 1.807) is 12.1 Å². The van der Waals surface area contributed by atoms with Gasteiger partial charge in [-0.1, -0.05) is 37.5 Å². The first-order chi connectivity index (χ1) is 8.11. The highest BCUT2D eigenvalue weighted by atomic mass is 16.7. The third kappa shape index (κ3) is 5.55. The van der Waals surface area contributed by atoms with Gasteiger partial charge in [0, 0.05) is 5.56 Å². The van der Waals surface area contributed by atoms with E-state index in [1.807, 2.05) is 0 Å². The molecule has 1 fully saturated rings. The quantitative estimate of drug-likeness (QED) is 0.791. The summed E-state index contributed by atoms with van der Waals surface area (Å²) in [6, 6.07) is 6.08. The lowest BCUT2D eigenvalue weighted by Crippen LogP contribution is -2.06. The first-order valence-electron chi connectivity index (χ1n) is 5.28. The Morgan fingerprint density at radius 1 is 1.12 bits per heavy atom. The summed E-state index contributed by atoms with van der Waals surface area (Å²) in [6.45, 7) is -0.252. The van der Waals surface area contributed by atoms with Crippen LogP contribution >= 0.6 is 0 Å². The number of hydrogen-bond donors (Lipinski definition) is 2. The van der Waals surface area contributed by atoms with Gasteiger partial charge in [-0.2, -0.15) is 0 Å². The van der Waals surface area contributed by atoms with Crippen molar-refractivity contribution in [1.29, 1.82) is 0 Å². The minimum Gasteiger partial charge on any atom is -0.478 e. The Morgan fingerprint density at radius 2 is 1.71 bits per heavy atom. The van der Waals surface area contributed by atoms with Gasteiger partial charge in [-0.05, 0) is 6.07 Å². The third-order valence-corrected chi connectivity index (χ3v) is 1.95. The molecule has 0 spiro atoms. The summed E-state index contributed by atoms with van der Waals surface area (Å²) < 4.78 is 4.27. The first kappa shape index (κ1) is 13.0. The Hall–Kier alpha value is -2.04. The molecule has 92 valence electrons. The standard InChI is InChI=1S/C9H8O5.C3H6/c10-8(11)7-4-2-1-3-6(7)5-14-9(12)13;1-2-3-1/h1-4H,5H2,(H,10,11)(H,12,13);1-3H2. The number of carboxylic acids is 1. The summed E-state index contributed by atoms with van der Waals surface area (Å²) in [5.74, 6) is -1.10. The van der Waals surface area contributed by atoms with Crippen molar-refractivity contribution in [1.82, 2.24) is 0 Å². The van der Waals surface area contributed by atoms with Gasteiger partial charge in [0.1, 0.15) is 6.61 Å². The zero-order valence-electron chi connectivity index (χ0n) is 9.26. The van der Waals surface area contributed by atoms with E-state index in [0.717, 1.165) is 0 Å². The molecule has 1 saturated carbocycles. The highest BCUT2D eigenvalue weighted by Crippen LogP contribution is 2.14. The zero-order chi connectivity index (χ0) is 12.7. The van der Waals surface area contributed by atoms with Crippen LogP contribution in [-0.4, -0.2) is 22.3 Å². The molecule has 0 atom stereocenters. The van der Waals surface area contributed by atoms with E-state index in [1.165, 1.54) is 31.4 Å². The van der Waals surface area contributed by atoms with E-state index >= 15 is 0 Å². The topological polar surface area (TPSA) is 83.8 Å². The van der Waals surface area contributed by atoms with Gasteiger partial charge >= 0.3 is 12.1 Å². The molecular formula is C12H14O5. The molecule has 2 rings (SSSR count). The molecule has 0 bridgehead atoms. The lowest BCUT2D eigenvalue weighted by Gasteiger charge is -2.04. The first-order valence-corrected chi connectivity index (χ1v) is 5.28. The molecule has 0 aliphatic heterocycles. The SMILES string of the molecule is C1CC1.O=C(O)OCc1ccccc1C(=O)O. The van der Waals surface area contributed by atoms with Crippen LogP contribution < -0.4 is 0 Å². The van der Waals surface area contributed by atoms with Crippen molar-refractivity contribution in [2.45, 2.75) is 25.9 Å². The van der Waals surface area contributed by atoms with Crippen molar-refractivity contribution in [3.8, 4) is 0 Å². The van der Waals surface area contributed by atoms with Crippen molar-refractivity contribution >= 4 is 12.1 Å². The second-order valence-electron chi connectivity index (χ2n) is 3.58. The van der Waals surface area contributed by atoms with Gasteiger partial charge in [-0.15, -0.1) is 0 Å². The Bertz CT molecular complexity index is 395. The van der Waals surface area contributed by atoms with Gasteiger partial charge < -0.3 is 14.9 Å². The molecule has 1 aliphatic carbocycles. The van der Waals surface area contributed by atoms with Gasteiger partial charge in [0.15, 0.2) is 0 Å². The largest absolute Gasteiger partial charge is 0.506 e. The van der Waals surface area contributed by atoms with E-state index in [2.05, 4.69) is 4.74 Å². The highest BCUT2D eigenvalue weighted by Gasteiger charge is 2.09. The Kier molecular flexibility index (Phi) is 5.00. The number of benzene rings is 1. The van der Waals surface area contributed by atoms with E-state index in [9.17, 15) is 9.59 Å². The van der Waals surface area contributed by atoms with E-state index in [-0.39, 0.29) is 12.2 Å². The Balaban J connectivity index is 0.000000415. The zero-order valence-corrected chi connectivity index (χ0v) is 9.26. The molecule has 0 saturated heterocycles. The summed E-state index contributed by atoms with van der Waals surface area (Å²) in [7, 11) is 0. The Morgan fingerprint density at radius 3 is 2.18 bits per heavy atom. The minimum atomic E-state index is -1.43. The summed E-state index contributed by atoms with van der Waals surface area (Å²) >= 11 is 0. The minimum absolute atomic E-state index is 0.0498. The fourth-order valence-corrected chi connectivity index (χ4v) is 0.994. The van der Waals surface area contributed by atoms with Gasteiger partial charge in [0.05, 0.1) is 5.56 Å². The molecule has 0 unspecified atom stereocenters. The van der Waals surface area contributed by atoms with Crippen LogP contribution in [0.1, 0.15) is 35.2 Å². The molecule has 0 aromatic heterocycles. The van der Waals surface area contributed by atoms with Crippen LogP contribution in [0.5, 0.6) is 0 Å². The molecule has 17 heavy (non-hydrogen) atoms. The molecule has 5 nitrogen and oxygen atoms in total. The fourth-order valence-electron chi connectivity index (χ4n) is 0.994. The number of ether oxygens (including phenoxy) is 1. The second-order valence-corrected chi connectivity index (χ2v) is 3.58. The predicted molar refractivity (Wildman–Crippen MR) is 60.1 cm³/mol. The number of rotatable bonds is 3. The van der Waals surface area contributed by atoms with Gasteiger partial charge in [0.25, 0.3) is 0 Å². The lowest BCUT2D eigenvalue weighted by molar-refractivity contribution is 0.0678. The fraction of sp³-hybridized carbons (Fsp3) is 0.333. The van der Waals surface area contributed by atoms with Crippen LogP contribution in [0.2, 0.25) is 0 Å². The average Bonchev–Trinajstić information content (AvgIpc) is 3.14. The van der Waals surface area contributed by atoms with Crippen LogP contribution in [0, 0.1) is 0 Å². The average molecular weight is 238 g/mol. The maximum atomic E-state index is 10.7. The molecule has 1 aromatic rings. The van der Waals surface area contributed by atoms with Crippen molar-refractivity contribution in [2.24, 2.45) is 0 Å². The molecular weight excluding hydrogens is 224 g/mol. The predicted octanol–water partition coefficient (Wildman–Crippen LogP) is 2.75. The van der Waals surface area contributed by atoms with Crippen molar-refractivity contribution < 1.29 is 24.5 Å². The maximum Gasteiger partial charge on any atom is 0.506 e. The number of carbonyl (C=O) groups is 2. The molecule has 0 amide bonds. The summed E-state index contributed by atoms with van der Waals surface area (Å²) in [4.78, 5) is 20.7. The van der Waals surface area contributed by atoms with Gasteiger partial charge in [-0.3, -0.25) is 0 Å². The summed E-state index contributed by atoms with van der Waals surface area (Å²) in [5.41, 5.74) is 0.385. The highest BCUT2D eigenvalue weighted by molar-refractivity contribution is 5.89. The van der Waals surface area contributed by atoms with E-state index < -0.39 is 12.1 Å². The molecule has 0 radical (unpaired) electrons. The lowest BCUT2D eigenvalue weighted by atomic mass is 10.1. The van der Waals surface area contributed by atoms with Crippen LogP contribution in [0.25, 0.3) is 0 Å². The Labute approximate surface area is 98.6 Å². The van der Waals surface area contributed by atoms with Crippen molar-refractivity contribution in [2.75, 3.05) is 0 Å². The number of aromatic carboxylic acids is 1. The number of carboxylic acid groups (broad SMARTS) is 2. The van der Waals surface area contributed by atoms with Crippen LogP contribution in [0.3, 0.4) is 0 Å². The van der Waals surface area contributed by atoms with Crippen LogP contribution in [-0.2, 0) is 11.3 Å². The van der Waals surface area contributed by atoms with Crippen LogP contribution in [0.4, 0.5) is 4.79 Å². The number of hydrogen-bond acceptors (Lipinski definition) is 3. The molecule has 2 N–H and O–H groups in total. The van der Waals surface area contributed by atoms with Crippen molar-refractivity contribution in [3.63, 3.8) is 0 Å². The normalized spacial score (nSPS) is 12.0. The smallest absolute Gasteiger partial charge is 0.478 e. The van der Waals surface area contributed by atoms with Crippen LogP contribution in [0.15, 0.2) is 24.3 Å². The van der Waals surface area contributed by atoms with E-state index in [0.29, 0.717) is 5.56 Å². The maximum absolute atomic E-state index is 10.7. The third-order valence-electron chi connectivity index (χ3n) is 1.95. The van der Waals surface area contributed by atoms with Gasteiger partial charge in [0.2, 0.25) is 0 Å².